The standard InChI is InChI=1S/C12H16O5/c1-7(13)12(14)8-5-10(16-3)11(17-4)6-9(8)15-2/h5-7,13H,1-4H3/t7-/m0/s1. The Morgan fingerprint density at radius 3 is 1.94 bits per heavy atom. The van der Waals surface area contributed by atoms with Gasteiger partial charge in [-0.3, -0.25) is 4.79 Å². The number of methoxy groups -OCH3 is 3. The van der Waals surface area contributed by atoms with Crippen molar-refractivity contribution in [1.82, 2.24) is 0 Å². The summed E-state index contributed by atoms with van der Waals surface area (Å²) in [5, 5.41) is 9.31. The topological polar surface area (TPSA) is 65.0 Å². The Morgan fingerprint density at radius 1 is 1.06 bits per heavy atom. The molecule has 0 spiro atoms. The van der Waals surface area contributed by atoms with Crippen LogP contribution in [-0.4, -0.2) is 38.3 Å². The van der Waals surface area contributed by atoms with Crippen LogP contribution in [0.3, 0.4) is 0 Å². The van der Waals surface area contributed by atoms with E-state index in [0.29, 0.717) is 17.2 Å². The molecule has 0 aromatic heterocycles. The molecule has 17 heavy (non-hydrogen) atoms. The van der Waals surface area contributed by atoms with E-state index in [1.54, 1.807) is 6.07 Å². The van der Waals surface area contributed by atoms with Gasteiger partial charge in [-0.25, -0.2) is 0 Å². The Kier molecular flexibility index (Phi) is 4.34. The molecule has 0 aliphatic carbocycles. The summed E-state index contributed by atoms with van der Waals surface area (Å²) in [5.41, 5.74) is 0.264. The number of carbonyl (C=O) groups excluding carboxylic acids is 1. The summed E-state index contributed by atoms with van der Waals surface area (Å²) in [6.07, 6.45) is -1.10. The van der Waals surface area contributed by atoms with E-state index in [1.165, 1.54) is 34.3 Å². The zero-order chi connectivity index (χ0) is 13.0. The average Bonchev–Trinajstić information content (AvgIpc) is 2.35. The fraction of sp³-hybridized carbons (Fsp3) is 0.417. The molecule has 0 bridgehead atoms. The first kappa shape index (κ1) is 13.3. The molecule has 0 saturated carbocycles. The van der Waals surface area contributed by atoms with E-state index in [4.69, 9.17) is 14.2 Å². The van der Waals surface area contributed by atoms with Gasteiger partial charge in [0.05, 0.1) is 26.9 Å². The van der Waals surface area contributed by atoms with Gasteiger partial charge in [0.15, 0.2) is 17.3 Å². The molecule has 0 radical (unpaired) electrons. The van der Waals surface area contributed by atoms with Crippen molar-refractivity contribution >= 4 is 5.78 Å². The minimum Gasteiger partial charge on any atom is -0.496 e. The molecule has 1 aromatic carbocycles. The van der Waals surface area contributed by atoms with Crippen molar-refractivity contribution < 1.29 is 24.1 Å². The van der Waals surface area contributed by atoms with Crippen molar-refractivity contribution in [3.8, 4) is 17.2 Å². The zero-order valence-corrected chi connectivity index (χ0v) is 10.3. The predicted octanol–water partition coefficient (Wildman–Crippen LogP) is 1.28. The van der Waals surface area contributed by atoms with Crippen LogP contribution in [0.4, 0.5) is 0 Å². The van der Waals surface area contributed by atoms with Gasteiger partial charge in [0.2, 0.25) is 0 Å². The number of hydrogen-bond acceptors (Lipinski definition) is 5. The van der Waals surface area contributed by atoms with Crippen molar-refractivity contribution in [2.75, 3.05) is 21.3 Å². The quantitative estimate of drug-likeness (QED) is 0.785. The number of ether oxygens (including phenoxy) is 3. The van der Waals surface area contributed by atoms with Crippen LogP contribution in [0.25, 0.3) is 0 Å². The van der Waals surface area contributed by atoms with Gasteiger partial charge in [0.25, 0.3) is 0 Å². The molecular weight excluding hydrogens is 224 g/mol. The Hall–Kier alpha value is -1.75. The number of rotatable bonds is 5. The second kappa shape index (κ2) is 5.54. The molecule has 5 heteroatoms. The molecule has 0 unspecified atom stereocenters. The van der Waals surface area contributed by atoms with Gasteiger partial charge >= 0.3 is 0 Å². The highest BCUT2D eigenvalue weighted by molar-refractivity contribution is 6.02. The minimum atomic E-state index is -1.10. The molecule has 0 aliphatic heterocycles. The highest BCUT2D eigenvalue weighted by Crippen LogP contribution is 2.35. The maximum Gasteiger partial charge on any atom is 0.194 e. The molecule has 1 N–H and O–H groups in total. The zero-order valence-electron chi connectivity index (χ0n) is 10.3. The van der Waals surface area contributed by atoms with Gasteiger partial charge in [-0.2, -0.15) is 0 Å². The smallest absolute Gasteiger partial charge is 0.194 e. The fourth-order valence-corrected chi connectivity index (χ4v) is 1.45. The van der Waals surface area contributed by atoms with Crippen LogP contribution in [0.2, 0.25) is 0 Å². The van der Waals surface area contributed by atoms with Crippen molar-refractivity contribution in [1.29, 1.82) is 0 Å². The van der Waals surface area contributed by atoms with Gasteiger partial charge < -0.3 is 19.3 Å². The SMILES string of the molecule is COc1cc(OC)c(C(=O)[C@H](C)O)cc1OC. The van der Waals surface area contributed by atoms with Crippen LogP contribution in [-0.2, 0) is 0 Å². The summed E-state index contributed by atoms with van der Waals surface area (Å²) in [7, 11) is 4.41. The lowest BCUT2D eigenvalue weighted by Gasteiger charge is -2.14. The van der Waals surface area contributed by atoms with Gasteiger partial charge in [0.1, 0.15) is 11.9 Å². The summed E-state index contributed by atoms with van der Waals surface area (Å²) in [4.78, 5) is 11.8. The van der Waals surface area contributed by atoms with Crippen LogP contribution in [0.5, 0.6) is 17.2 Å². The molecule has 1 aromatic rings. The molecule has 0 saturated heterocycles. The second-order valence-electron chi connectivity index (χ2n) is 3.45. The Labute approximate surface area is 99.9 Å². The van der Waals surface area contributed by atoms with E-state index in [-0.39, 0.29) is 5.56 Å². The van der Waals surface area contributed by atoms with Crippen molar-refractivity contribution in [2.24, 2.45) is 0 Å². The number of ketones is 1. The average molecular weight is 240 g/mol. The number of carbonyl (C=O) groups is 1. The lowest BCUT2D eigenvalue weighted by Crippen LogP contribution is -2.17. The van der Waals surface area contributed by atoms with Crippen LogP contribution < -0.4 is 14.2 Å². The monoisotopic (exact) mass is 240 g/mol. The van der Waals surface area contributed by atoms with Crippen LogP contribution in [0.15, 0.2) is 12.1 Å². The first-order valence-electron chi connectivity index (χ1n) is 5.07. The summed E-state index contributed by atoms with van der Waals surface area (Å²) < 4.78 is 15.3. The van der Waals surface area contributed by atoms with Crippen LogP contribution in [0.1, 0.15) is 17.3 Å². The largest absolute Gasteiger partial charge is 0.496 e. The van der Waals surface area contributed by atoms with E-state index >= 15 is 0 Å². The normalized spacial score (nSPS) is 11.8. The predicted molar refractivity (Wildman–Crippen MR) is 62.1 cm³/mol. The third-order valence-electron chi connectivity index (χ3n) is 2.35. The maximum atomic E-state index is 11.8. The number of benzene rings is 1. The summed E-state index contributed by atoms with van der Waals surface area (Å²) in [6.45, 7) is 1.40. The van der Waals surface area contributed by atoms with E-state index in [1.807, 2.05) is 0 Å². The van der Waals surface area contributed by atoms with Crippen molar-refractivity contribution in [3.63, 3.8) is 0 Å². The summed E-state index contributed by atoms with van der Waals surface area (Å²) in [5.74, 6) is 0.792. The number of Topliss-reactive ketones (excluding diaryl/α,β-unsaturated/α-hetero) is 1. The first-order chi connectivity index (χ1) is 8.04. The summed E-state index contributed by atoms with van der Waals surface area (Å²) in [6, 6.07) is 3.04. The van der Waals surface area contributed by atoms with Crippen LogP contribution in [0, 0.1) is 0 Å². The highest BCUT2D eigenvalue weighted by Gasteiger charge is 2.20. The molecule has 1 atom stereocenters. The molecule has 0 aliphatic rings. The van der Waals surface area contributed by atoms with E-state index < -0.39 is 11.9 Å². The fourth-order valence-electron chi connectivity index (χ4n) is 1.45. The van der Waals surface area contributed by atoms with Gasteiger partial charge in [-0.1, -0.05) is 0 Å². The number of aliphatic hydroxyl groups excluding tert-OH is 1. The van der Waals surface area contributed by atoms with Gasteiger partial charge in [0, 0.05) is 6.07 Å². The highest BCUT2D eigenvalue weighted by atomic mass is 16.5. The third kappa shape index (κ3) is 2.68. The lowest BCUT2D eigenvalue weighted by molar-refractivity contribution is 0.0776. The number of aliphatic hydroxyl groups is 1. The minimum absolute atomic E-state index is 0.264. The van der Waals surface area contributed by atoms with Gasteiger partial charge in [-0.05, 0) is 13.0 Å². The molecule has 5 nitrogen and oxygen atoms in total. The maximum absolute atomic E-state index is 11.8. The van der Waals surface area contributed by atoms with E-state index in [2.05, 4.69) is 0 Å². The Bertz CT molecular complexity index is 412. The summed E-state index contributed by atoms with van der Waals surface area (Å²) >= 11 is 0. The molecule has 0 amide bonds. The van der Waals surface area contributed by atoms with Crippen molar-refractivity contribution in [3.05, 3.63) is 17.7 Å². The molecule has 1 rings (SSSR count). The van der Waals surface area contributed by atoms with Crippen LogP contribution >= 0.6 is 0 Å². The van der Waals surface area contributed by atoms with Gasteiger partial charge in [-0.15, -0.1) is 0 Å². The second-order valence-corrected chi connectivity index (χ2v) is 3.45. The molecule has 94 valence electrons. The van der Waals surface area contributed by atoms with E-state index in [0.717, 1.165) is 0 Å². The Morgan fingerprint density at radius 2 is 1.53 bits per heavy atom. The van der Waals surface area contributed by atoms with E-state index in [9.17, 15) is 9.90 Å². The number of hydrogen-bond donors (Lipinski definition) is 1. The molecular formula is C12H16O5. The van der Waals surface area contributed by atoms with Crippen molar-refractivity contribution in [2.45, 2.75) is 13.0 Å². The Balaban J connectivity index is 3.33. The molecule has 0 heterocycles. The third-order valence-corrected chi connectivity index (χ3v) is 2.35. The lowest BCUT2D eigenvalue weighted by atomic mass is 10.1. The first-order valence-corrected chi connectivity index (χ1v) is 5.07. The molecule has 0 fully saturated rings.